The average Bonchev–Trinajstić information content (AvgIpc) is 2.07. The van der Waals surface area contributed by atoms with Crippen LogP contribution in [0, 0.1) is 5.92 Å². The molecule has 0 saturated heterocycles. The summed E-state index contributed by atoms with van der Waals surface area (Å²) in [5, 5.41) is 3.09. The fourth-order valence-electron chi connectivity index (χ4n) is 1.66. The first-order chi connectivity index (χ1) is 6.54. The van der Waals surface area contributed by atoms with Gasteiger partial charge in [0.15, 0.2) is 0 Å². The minimum Gasteiger partial charge on any atom is -0.353 e. The van der Waals surface area contributed by atoms with Gasteiger partial charge in [-0.15, -0.1) is 0 Å². The van der Waals surface area contributed by atoms with Crippen molar-refractivity contribution in [2.45, 2.75) is 45.2 Å². The lowest BCUT2D eigenvalue weighted by Gasteiger charge is -2.40. The van der Waals surface area contributed by atoms with Crippen molar-refractivity contribution >= 4 is 5.91 Å². The van der Waals surface area contributed by atoms with Crippen molar-refractivity contribution in [3.63, 3.8) is 0 Å². The Morgan fingerprint density at radius 3 is 2.50 bits per heavy atom. The van der Waals surface area contributed by atoms with Gasteiger partial charge in [0.2, 0.25) is 5.91 Å². The van der Waals surface area contributed by atoms with Gasteiger partial charge in [-0.2, -0.15) is 0 Å². The van der Waals surface area contributed by atoms with Crippen LogP contribution in [-0.4, -0.2) is 37.0 Å². The minimum atomic E-state index is 0.161. The minimum absolute atomic E-state index is 0.161. The number of nitrogens with one attached hydrogen (secondary N) is 1. The molecular weight excluding hydrogens is 176 g/mol. The van der Waals surface area contributed by atoms with E-state index in [2.05, 4.69) is 24.3 Å². The number of carbonyl (C=O) groups is 1. The summed E-state index contributed by atoms with van der Waals surface area (Å²) in [6, 6.07) is 1.08. The van der Waals surface area contributed by atoms with Crippen LogP contribution in [0.1, 0.15) is 33.1 Å². The number of nitrogens with zero attached hydrogens (tertiary/aromatic N) is 1. The van der Waals surface area contributed by atoms with Crippen LogP contribution < -0.4 is 5.32 Å². The van der Waals surface area contributed by atoms with E-state index in [0.29, 0.717) is 12.1 Å². The van der Waals surface area contributed by atoms with Crippen LogP contribution in [0.2, 0.25) is 0 Å². The predicted octanol–water partition coefficient (Wildman–Crippen LogP) is 1.24. The monoisotopic (exact) mass is 198 g/mol. The highest BCUT2D eigenvalue weighted by Crippen LogP contribution is 2.23. The van der Waals surface area contributed by atoms with E-state index in [4.69, 9.17) is 0 Å². The SMILES string of the molecule is CCC(C)C(=O)NC1CC(N(C)C)C1. The molecule has 1 aliphatic rings. The molecule has 1 saturated carbocycles. The van der Waals surface area contributed by atoms with E-state index >= 15 is 0 Å². The van der Waals surface area contributed by atoms with Crippen molar-refractivity contribution in [3.8, 4) is 0 Å². The van der Waals surface area contributed by atoms with E-state index in [0.717, 1.165) is 19.3 Å². The van der Waals surface area contributed by atoms with E-state index in [1.54, 1.807) is 0 Å². The largest absolute Gasteiger partial charge is 0.353 e. The molecule has 0 heterocycles. The standard InChI is InChI=1S/C11H22N2O/c1-5-8(2)11(14)12-9-6-10(7-9)13(3)4/h8-10H,5-7H2,1-4H3,(H,12,14). The zero-order chi connectivity index (χ0) is 10.7. The van der Waals surface area contributed by atoms with Crippen LogP contribution >= 0.6 is 0 Å². The fourth-order valence-corrected chi connectivity index (χ4v) is 1.66. The molecule has 1 atom stereocenters. The molecule has 1 fully saturated rings. The average molecular weight is 198 g/mol. The fraction of sp³-hybridized carbons (Fsp3) is 0.909. The molecule has 14 heavy (non-hydrogen) atoms. The Labute approximate surface area is 86.9 Å². The molecule has 0 aromatic carbocycles. The van der Waals surface area contributed by atoms with E-state index in [1.807, 2.05) is 13.8 Å². The summed E-state index contributed by atoms with van der Waals surface area (Å²) in [4.78, 5) is 13.8. The Balaban J connectivity index is 2.19. The maximum absolute atomic E-state index is 11.5. The summed E-state index contributed by atoms with van der Waals surface area (Å²) in [6.07, 6.45) is 3.14. The number of rotatable bonds is 4. The van der Waals surface area contributed by atoms with Gasteiger partial charge >= 0.3 is 0 Å². The second-order valence-electron chi connectivity index (χ2n) is 4.60. The molecule has 0 aromatic rings. The highest BCUT2D eigenvalue weighted by molar-refractivity contribution is 5.78. The van der Waals surface area contributed by atoms with Gasteiger partial charge in [0, 0.05) is 18.0 Å². The molecule has 1 rings (SSSR count). The Morgan fingerprint density at radius 1 is 1.50 bits per heavy atom. The van der Waals surface area contributed by atoms with Gasteiger partial charge in [0.25, 0.3) is 0 Å². The first-order valence-electron chi connectivity index (χ1n) is 5.51. The smallest absolute Gasteiger partial charge is 0.223 e. The lowest BCUT2D eigenvalue weighted by atomic mass is 9.85. The Morgan fingerprint density at radius 2 is 2.07 bits per heavy atom. The Kier molecular flexibility index (Phi) is 3.93. The highest BCUT2D eigenvalue weighted by atomic mass is 16.1. The van der Waals surface area contributed by atoms with Crippen molar-refractivity contribution in [3.05, 3.63) is 0 Å². The molecule has 1 amide bonds. The van der Waals surface area contributed by atoms with Gasteiger partial charge in [-0.3, -0.25) is 4.79 Å². The lowest BCUT2D eigenvalue weighted by molar-refractivity contribution is -0.126. The zero-order valence-electron chi connectivity index (χ0n) is 9.71. The zero-order valence-corrected chi connectivity index (χ0v) is 9.71. The van der Waals surface area contributed by atoms with Crippen LogP contribution in [-0.2, 0) is 4.79 Å². The van der Waals surface area contributed by atoms with Gasteiger partial charge in [0.05, 0.1) is 0 Å². The first-order valence-corrected chi connectivity index (χ1v) is 5.51. The molecule has 1 unspecified atom stereocenters. The highest BCUT2D eigenvalue weighted by Gasteiger charge is 2.31. The lowest BCUT2D eigenvalue weighted by Crippen LogP contribution is -2.52. The number of carbonyl (C=O) groups excluding carboxylic acids is 1. The molecule has 0 radical (unpaired) electrons. The second kappa shape index (κ2) is 4.78. The van der Waals surface area contributed by atoms with Crippen molar-refractivity contribution in [2.75, 3.05) is 14.1 Å². The molecule has 0 aromatic heterocycles. The van der Waals surface area contributed by atoms with Crippen molar-refractivity contribution in [2.24, 2.45) is 5.92 Å². The Hall–Kier alpha value is -0.570. The molecule has 82 valence electrons. The van der Waals surface area contributed by atoms with Crippen LogP contribution in [0.5, 0.6) is 0 Å². The van der Waals surface area contributed by atoms with Crippen LogP contribution in [0.4, 0.5) is 0 Å². The summed E-state index contributed by atoms with van der Waals surface area (Å²) < 4.78 is 0. The molecule has 1 aliphatic carbocycles. The van der Waals surface area contributed by atoms with Crippen LogP contribution in [0.15, 0.2) is 0 Å². The third-order valence-corrected chi connectivity index (χ3v) is 3.25. The summed E-state index contributed by atoms with van der Waals surface area (Å²) in [6.45, 7) is 4.03. The van der Waals surface area contributed by atoms with Crippen LogP contribution in [0.3, 0.4) is 0 Å². The maximum Gasteiger partial charge on any atom is 0.223 e. The summed E-state index contributed by atoms with van der Waals surface area (Å²) in [7, 11) is 4.19. The number of hydrogen-bond donors (Lipinski definition) is 1. The molecule has 0 aliphatic heterocycles. The van der Waals surface area contributed by atoms with E-state index in [-0.39, 0.29) is 11.8 Å². The third-order valence-electron chi connectivity index (χ3n) is 3.25. The first kappa shape index (κ1) is 11.5. The topological polar surface area (TPSA) is 32.3 Å². The van der Waals surface area contributed by atoms with Crippen molar-refractivity contribution < 1.29 is 4.79 Å². The van der Waals surface area contributed by atoms with Gasteiger partial charge < -0.3 is 10.2 Å². The van der Waals surface area contributed by atoms with Gasteiger partial charge in [0.1, 0.15) is 0 Å². The summed E-state index contributed by atoms with van der Waals surface area (Å²) >= 11 is 0. The number of hydrogen-bond acceptors (Lipinski definition) is 2. The quantitative estimate of drug-likeness (QED) is 0.737. The molecule has 1 N–H and O–H groups in total. The van der Waals surface area contributed by atoms with E-state index < -0.39 is 0 Å². The summed E-state index contributed by atoms with van der Waals surface area (Å²) in [5.74, 6) is 0.378. The Bertz CT molecular complexity index is 197. The maximum atomic E-state index is 11.5. The molecule has 3 nitrogen and oxygen atoms in total. The third kappa shape index (κ3) is 2.71. The van der Waals surface area contributed by atoms with E-state index in [1.165, 1.54) is 0 Å². The van der Waals surface area contributed by atoms with Crippen molar-refractivity contribution in [1.29, 1.82) is 0 Å². The molecule has 0 spiro atoms. The number of amides is 1. The van der Waals surface area contributed by atoms with Crippen molar-refractivity contribution in [1.82, 2.24) is 10.2 Å². The normalized spacial score (nSPS) is 28.4. The predicted molar refractivity (Wildman–Crippen MR) is 58.1 cm³/mol. The molecule has 0 bridgehead atoms. The molecule has 3 heteroatoms. The summed E-state index contributed by atoms with van der Waals surface area (Å²) in [5.41, 5.74) is 0. The van der Waals surface area contributed by atoms with Gasteiger partial charge in [-0.05, 0) is 33.4 Å². The van der Waals surface area contributed by atoms with Gasteiger partial charge in [-0.1, -0.05) is 13.8 Å². The van der Waals surface area contributed by atoms with Crippen LogP contribution in [0.25, 0.3) is 0 Å². The molecular formula is C11H22N2O. The van der Waals surface area contributed by atoms with E-state index in [9.17, 15) is 4.79 Å². The van der Waals surface area contributed by atoms with Gasteiger partial charge in [-0.25, -0.2) is 0 Å². The second-order valence-corrected chi connectivity index (χ2v) is 4.60.